The van der Waals surface area contributed by atoms with Crippen LogP contribution in [0.1, 0.15) is 16.2 Å². The quantitative estimate of drug-likeness (QED) is 0.778. The van der Waals surface area contributed by atoms with E-state index < -0.39 is 0 Å². The van der Waals surface area contributed by atoms with Gasteiger partial charge in [0.1, 0.15) is 6.54 Å². The zero-order valence-electron chi connectivity index (χ0n) is 13.4. The first-order valence-electron chi connectivity index (χ1n) is 7.73. The third kappa shape index (κ3) is 2.76. The lowest BCUT2D eigenvalue weighted by Crippen LogP contribution is -2.42. The van der Waals surface area contributed by atoms with Crippen LogP contribution >= 0.6 is 0 Å². The van der Waals surface area contributed by atoms with Gasteiger partial charge in [-0.2, -0.15) is 4.98 Å². The Morgan fingerprint density at radius 1 is 1.16 bits per heavy atom. The Kier molecular flexibility index (Phi) is 3.53. The predicted octanol–water partition coefficient (Wildman–Crippen LogP) is 2.64. The lowest BCUT2D eigenvalue weighted by Gasteiger charge is -2.29. The second-order valence-corrected chi connectivity index (χ2v) is 5.68. The van der Waals surface area contributed by atoms with E-state index in [0.717, 1.165) is 5.56 Å². The summed E-state index contributed by atoms with van der Waals surface area (Å²) < 4.78 is 5.12. The Labute approximate surface area is 143 Å². The number of carbonyl (C=O) groups excluding carboxylic acids is 2. The van der Waals surface area contributed by atoms with E-state index >= 15 is 0 Å². The van der Waals surface area contributed by atoms with Crippen molar-refractivity contribution in [1.82, 2.24) is 10.1 Å². The number of hydrogen-bond donors (Lipinski definition) is 1. The number of anilines is 2. The van der Waals surface area contributed by atoms with Crippen molar-refractivity contribution in [2.45, 2.75) is 6.92 Å². The molecule has 7 nitrogen and oxygen atoms in total. The third-order valence-electron chi connectivity index (χ3n) is 3.92. The molecule has 0 bridgehead atoms. The number of carbonyl (C=O) groups is 2. The van der Waals surface area contributed by atoms with Crippen LogP contribution in [0.4, 0.5) is 11.4 Å². The number of benzene rings is 2. The molecule has 0 atom stereocenters. The van der Waals surface area contributed by atoms with Crippen LogP contribution < -0.4 is 10.2 Å². The molecule has 2 heterocycles. The molecule has 0 saturated carbocycles. The van der Waals surface area contributed by atoms with Crippen molar-refractivity contribution in [3.63, 3.8) is 0 Å². The summed E-state index contributed by atoms with van der Waals surface area (Å²) in [5.41, 5.74) is 2.52. The van der Waals surface area contributed by atoms with Crippen molar-refractivity contribution < 1.29 is 14.1 Å². The first kappa shape index (κ1) is 15.1. The summed E-state index contributed by atoms with van der Waals surface area (Å²) in [4.78, 5) is 30.4. The van der Waals surface area contributed by atoms with Crippen LogP contribution in [0.25, 0.3) is 11.5 Å². The summed E-state index contributed by atoms with van der Waals surface area (Å²) >= 11 is 0. The second kappa shape index (κ2) is 5.86. The Morgan fingerprint density at radius 2 is 1.92 bits per heavy atom. The number of rotatable bonds is 2. The molecule has 2 amide bonds. The maximum Gasteiger partial charge on any atom is 0.258 e. The Balaban J connectivity index is 1.64. The molecular weight excluding hydrogens is 320 g/mol. The molecule has 1 N–H and O–H groups in total. The molecule has 25 heavy (non-hydrogen) atoms. The first-order valence-corrected chi connectivity index (χ1v) is 7.73. The molecule has 0 saturated heterocycles. The molecular formula is C18H14N4O3. The average molecular weight is 334 g/mol. The Hall–Kier alpha value is -3.48. The zero-order valence-corrected chi connectivity index (χ0v) is 13.4. The molecule has 1 aliphatic heterocycles. The van der Waals surface area contributed by atoms with Crippen LogP contribution in [0.5, 0.6) is 0 Å². The fraction of sp³-hybridized carbons (Fsp3) is 0.111. The SMILES string of the molecule is Cc1noc(-c2ccc(C(=O)N3CC(=O)Nc4ccccc43)cc2)n1. The van der Waals surface area contributed by atoms with Crippen molar-refractivity contribution >= 4 is 23.2 Å². The predicted molar refractivity (Wildman–Crippen MR) is 91.2 cm³/mol. The van der Waals surface area contributed by atoms with E-state index in [1.165, 1.54) is 4.90 Å². The molecule has 1 aliphatic rings. The third-order valence-corrected chi connectivity index (χ3v) is 3.92. The highest BCUT2D eigenvalue weighted by molar-refractivity contribution is 6.15. The van der Waals surface area contributed by atoms with Crippen LogP contribution in [0.3, 0.4) is 0 Å². The topological polar surface area (TPSA) is 88.3 Å². The summed E-state index contributed by atoms with van der Waals surface area (Å²) in [5, 5.41) is 6.52. The highest BCUT2D eigenvalue weighted by atomic mass is 16.5. The number of nitrogens with one attached hydrogen (secondary N) is 1. The van der Waals surface area contributed by atoms with Gasteiger partial charge in [0.2, 0.25) is 5.91 Å². The van der Waals surface area contributed by atoms with Gasteiger partial charge < -0.3 is 9.84 Å². The van der Waals surface area contributed by atoms with Crippen LogP contribution in [-0.4, -0.2) is 28.5 Å². The van der Waals surface area contributed by atoms with E-state index in [2.05, 4.69) is 15.5 Å². The van der Waals surface area contributed by atoms with Gasteiger partial charge in [0.15, 0.2) is 5.82 Å². The van der Waals surface area contributed by atoms with Crippen LogP contribution in [-0.2, 0) is 4.79 Å². The Morgan fingerprint density at radius 3 is 2.64 bits per heavy atom. The number of nitrogens with zero attached hydrogens (tertiary/aromatic N) is 3. The van der Waals surface area contributed by atoms with Crippen molar-refractivity contribution in [3.8, 4) is 11.5 Å². The van der Waals surface area contributed by atoms with Gasteiger partial charge in [-0.05, 0) is 43.3 Å². The molecule has 7 heteroatoms. The maximum atomic E-state index is 12.9. The summed E-state index contributed by atoms with van der Waals surface area (Å²) in [6, 6.07) is 14.1. The van der Waals surface area contributed by atoms with Crippen molar-refractivity contribution in [3.05, 3.63) is 59.9 Å². The zero-order chi connectivity index (χ0) is 17.4. The summed E-state index contributed by atoms with van der Waals surface area (Å²) in [5.74, 6) is 0.492. The molecule has 2 aromatic carbocycles. The molecule has 0 spiro atoms. The molecule has 0 aliphatic carbocycles. The monoisotopic (exact) mass is 334 g/mol. The number of amides is 2. The standard InChI is InChI=1S/C18H14N4O3/c1-11-19-17(25-21-11)12-6-8-13(9-7-12)18(24)22-10-16(23)20-14-4-2-3-5-15(14)22/h2-9H,10H2,1H3,(H,20,23). The second-order valence-electron chi connectivity index (χ2n) is 5.68. The summed E-state index contributed by atoms with van der Waals surface area (Å²) in [6.07, 6.45) is 0. The van der Waals surface area contributed by atoms with Crippen molar-refractivity contribution in [1.29, 1.82) is 0 Å². The van der Waals surface area contributed by atoms with Gasteiger partial charge in [0.05, 0.1) is 11.4 Å². The summed E-state index contributed by atoms with van der Waals surface area (Å²) in [6.45, 7) is 1.73. The highest BCUT2D eigenvalue weighted by Gasteiger charge is 2.27. The summed E-state index contributed by atoms with van der Waals surface area (Å²) in [7, 11) is 0. The molecule has 0 unspecified atom stereocenters. The van der Waals surface area contributed by atoms with E-state index in [9.17, 15) is 9.59 Å². The smallest absolute Gasteiger partial charge is 0.258 e. The number of para-hydroxylation sites is 2. The van der Waals surface area contributed by atoms with Gasteiger partial charge in [0, 0.05) is 11.1 Å². The fourth-order valence-corrected chi connectivity index (χ4v) is 2.74. The lowest BCUT2D eigenvalue weighted by atomic mass is 10.1. The van der Waals surface area contributed by atoms with Gasteiger partial charge in [-0.15, -0.1) is 0 Å². The first-order chi connectivity index (χ1) is 12.1. The normalized spacial score (nSPS) is 13.3. The van der Waals surface area contributed by atoms with E-state index in [0.29, 0.717) is 28.7 Å². The average Bonchev–Trinajstić information content (AvgIpc) is 3.07. The maximum absolute atomic E-state index is 12.9. The number of fused-ring (bicyclic) bond motifs is 1. The van der Waals surface area contributed by atoms with E-state index in [-0.39, 0.29) is 18.4 Å². The van der Waals surface area contributed by atoms with E-state index in [1.54, 1.807) is 37.3 Å². The van der Waals surface area contributed by atoms with Crippen LogP contribution in [0, 0.1) is 6.92 Å². The largest absolute Gasteiger partial charge is 0.334 e. The van der Waals surface area contributed by atoms with Crippen LogP contribution in [0.15, 0.2) is 53.1 Å². The molecule has 0 radical (unpaired) electrons. The number of hydrogen-bond acceptors (Lipinski definition) is 5. The van der Waals surface area contributed by atoms with Crippen molar-refractivity contribution in [2.75, 3.05) is 16.8 Å². The van der Waals surface area contributed by atoms with E-state index in [1.807, 2.05) is 18.2 Å². The van der Waals surface area contributed by atoms with Gasteiger partial charge in [-0.1, -0.05) is 17.3 Å². The molecule has 1 aromatic heterocycles. The number of aromatic nitrogens is 2. The number of aryl methyl sites for hydroxylation is 1. The van der Waals surface area contributed by atoms with Crippen LogP contribution in [0.2, 0.25) is 0 Å². The highest BCUT2D eigenvalue weighted by Crippen LogP contribution is 2.30. The minimum atomic E-state index is -0.240. The van der Waals surface area contributed by atoms with E-state index in [4.69, 9.17) is 4.52 Å². The van der Waals surface area contributed by atoms with Gasteiger partial charge in [-0.25, -0.2) is 0 Å². The molecule has 4 rings (SSSR count). The lowest BCUT2D eigenvalue weighted by molar-refractivity contribution is -0.115. The van der Waals surface area contributed by atoms with Gasteiger partial charge in [0.25, 0.3) is 11.8 Å². The molecule has 0 fully saturated rings. The molecule has 3 aromatic rings. The fourth-order valence-electron chi connectivity index (χ4n) is 2.74. The minimum Gasteiger partial charge on any atom is -0.334 e. The molecule has 124 valence electrons. The minimum absolute atomic E-state index is 0.0134. The Bertz CT molecular complexity index is 962. The van der Waals surface area contributed by atoms with Crippen molar-refractivity contribution in [2.24, 2.45) is 0 Å². The van der Waals surface area contributed by atoms with Gasteiger partial charge in [-0.3, -0.25) is 14.5 Å². The van der Waals surface area contributed by atoms with Gasteiger partial charge >= 0.3 is 0 Å².